The SMILES string of the molecule is CNc1nc(NN(C)C)nc(-n2cccn2)n1. The zero-order valence-electron chi connectivity index (χ0n) is 9.92. The van der Waals surface area contributed by atoms with Crippen LogP contribution in [0.4, 0.5) is 11.9 Å². The lowest BCUT2D eigenvalue weighted by molar-refractivity contribution is 0.488. The topological polar surface area (TPSA) is 83.8 Å². The Morgan fingerprint density at radius 2 is 1.94 bits per heavy atom. The Morgan fingerprint density at radius 1 is 1.18 bits per heavy atom. The summed E-state index contributed by atoms with van der Waals surface area (Å²) in [6.07, 6.45) is 3.44. The molecule has 0 saturated carbocycles. The smallest absolute Gasteiger partial charge is 0.257 e. The largest absolute Gasteiger partial charge is 0.357 e. The molecule has 0 fully saturated rings. The summed E-state index contributed by atoms with van der Waals surface area (Å²) in [7, 11) is 5.47. The second-order valence-corrected chi connectivity index (χ2v) is 3.49. The van der Waals surface area contributed by atoms with Crippen LogP contribution in [0.3, 0.4) is 0 Å². The summed E-state index contributed by atoms with van der Waals surface area (Å²) >= 11 is 0. The van der Waals surface area contributed by atoms with E-state index >= 15 is 0 Å². The van der Waals surface area contributed by atoms with Crippen LogP contribution in [-0.4, -0.2) is 50.9 Å². The van der Waals surface area contributed by atoms with Gasteiger partial charge in [0.05, 0.1) is 0 Å². The van der Waals surface area contributed by atoms with Gasteiger partial charge < -0.3 is 5.32 Å². The van der Waals surface area contributed by atoms with Gasteiger partial charge >= 0.3 is 0 Å². The normalized spacial score (nSPS) is 10.6. The van der Waals surface area contributed by atoms with Crippen LogP contribution >= 0.6 is 0 Å². The van der Waals surface area contributed by atoms with E-state index in [0.717, 1.165) is 0 Å². The minimum atomic E-state index is 0.457. The molecule has 0 atom stereocenters. The lowest BCUT2D eigenvalue weighted by atomic mass is 10.7. The fourth-order valence-electron chi connectivity index (χ4n) is 1.22. The van der Waals surface area contributed by atoms with Gasteiger partial charge in [-0.25, -0.2) is 9.69 Å². The molecule has 8 nitrogen and oxygen atoms in total. The van der Waals surface area contributed by atoms with Crippen molar-refractivity contribution in [3.05, 3.63) is 18.5 Å². The average Bonchev–Trinajstić information content (AvgIpc) is 2.81. The quantitative estimate of drug-likeness (QED) is 0.719. The molecule has 0 aromatic carbocycles. The third-order valence-electron chi connectivity index (χ3n) is 1.88. The first-order valence-corrected chi connectivity index (χ1v) is 5.07. The van der Waals surface area contributed by atoms with Crippen molar-refractivity contribution in [3.63, 3.8) is 0 Å². The van der Waals surface area contributed by atoms with Gasteiger partial charge in [0.25, 0.3) is 5.95 Å². The minimum Gasteiger partial charge on any atom is -0.357 e. The number of hydrogen-bond donors (Lipinski definition) is 2. The Kier molecular flexibility index (Phi) is 3.15. The maximum absolute atomic E-state index is 4.25. The molecule has 0 radical (unpaired) electrons. The molecule has 8 heteroatoms. The van der Waals surface area contributed by atoms with Crippen LogP contribution in [0.1, 0.15) is 0 Å². The van der Waals surface area contributed by atoms with E-state index in [0.29, 0.717) is 17.8 Å². The van der Waals surface area contributed by atoms with E-state index in [-0.39, 0.29) is 0 Å². The molecule has 2 rings (SSSR count). The Hall–Kier alpha value is -2.22. The maximum atomic E-state index is 4.25. The number of hydrogen-bond acceptors (Lipinski definition) is 7. The van der Waals surface area contributed by atoms with Gasteiger partial charge in [0, 0.05) is 33.5 Å². The second kappa shape index (κ2) is 4.74. The summed E-state index contributed by atoms with van der Waals surface area (Å²) in [6, 6.07) is 1.81. The molecule has 2 aromatic rings. The number of hydrazine groups is 1. The van der Waals surface area contributed by atoms with E-state index in [1.54, 1.807) is 29.1 Å². The van der Waals surface area contributed by atoms with Gasteiger partial charge in [-0.3, -0.25) is 5.43 Å². The number of nitrogens with zero attached hydrogens (tertiary/aromatic N) is 6. The van der Waals surface area contributed by atoms with Crippen molar-refractivity contribution in [1.29, 1.82) is 0 Å². The molecule has 0 bridgehead atoms. The molecule has 0 saturated heterocycles. The van der Waals surface area contributed by atoms with Crippen molar-refractivity contribution >= 4 is 11.9 Å². The summed E-state index contributed by atoms with van der Waals surface area (Å²) in [5, 5.41) is 8.71. The molecule has 17 heavy (non-hydrogen) atoms. The Balaban J connectivity index is 2.38. The lowest BCUT2D eigenvalue weighted by Gasteiger charge is -2.12. The lowest BCUT2D eigenvalue weighted by Crippen LogP contribution is -2.22. The maximum Gasteiger partial charge on any atom is 0.257 e. The average molecular weight is 234 g/mol. The van der Waals surface area contributed by atoms with Crippen LogP contribution < -0.4 is 10.7 Å². The van der Waals surface area contributed by atoms with E-state index in [1.165, 1.54) is 0 Å². The molecule has 0 aliphatic heterocycles. The summed E-state index contributed by atoms with van der Waals surface area (Å²) in [4.78, 5) is 12.6. The molecule has 0 aliphatic rings. The van der Waals surface area contributed by atoms with Crippen molar-refractivity contribution in [2.24, 2.45) is 0 Å². The summed E-state index contributed by atoms with van der Waals surface area (Å²) in [5.41, 5.74) is 2.97. The van der Waals surface area contributed by atoms with Gasteiger partial charge in [-0.15, -0.1) is 0 Å². The van der Waals surface area contributed by atoms with Crippen LogP contribution in [0.25, 0.3) is 5.95 Å². The number of nitrogens with one attached hydrogen (secondary N) is 2. The predicted octanol–water partition coefficient (Wildman–Crippen LogP) is -0.0125. The molecule has 0 spiro atoms. The third-order valence-corrected chi connectivity index (χ3v) is 1.88. The van der Waals surface area contributed by atoms with E-state index < -0.39 is 0 Å². The van der Waals surface area contributed by atoms with Crippen molar-refractivity contribution < 1.29 is 0 Å². The summed E-state index contributed by atoms with van der Waals surface area (Å²) < 4.78 is 1.57. The molecule has 2 aromatic heterocycles. The highest BCUT2D eigenvalue weighted by atomic mass is 15.5. The molecular weight excluding hydrogens is 220 g/mol. The number of aromatic nitrogens is 5. The van der Waals surface area contributed by atoms with E-state index in [9.17, 15) is 0 Å². The second-order valence-electron chi connectivity index (χ2n) is 3.49. The first-order valence-electron chi connectivity index (χ1n) is 5.07. The highest BCUT2D eigenvalue weighted by Gasteiger charge is 2.07. The molecule has 2 N–H and O–H groups in total. The first-order chi connectivity index (χ1) is 8.19. The highest BCUT2D eigenvalue weighted by Crippen LogP contribution is 2.08. The van der Waals surface area contributed by atoms with E-state index in [4.69, 9.17) is 0 Å². The van der Waals surface area contributed by atoms with Gasteiger partial charge in [-0.05, 0) is 6.07 Å². The highest BCUT2D eigenvalue weighted by molar-refractivity contribution is 5.36. The molecule has 2 heterocycles. The number of anilines is 2. The third kappa shape index (κ3) is 2.67. The molecule has 0 aliphatic carbocycles. The Labute approximate surface area is 98.7 Å². The van der Waals surface area contributed by atoms with Crippen molar-refractivity contribution in [1.82, 2.24) is 29.7 Å². The van der Waals surface area contributed by atoms with Crippen LogP contribution in [0.5, 0.6) is 0 Å². The molecular formula is C9H14N8. The Bertz CT molecular complexity index is 478. The first kappa shape index (κ1) is 11.3. The number of rotatable bonds is 4. The zero-order chi connectivity index (χ0) is 12.3. The standard InChI is InChI=1S/C9H14N8/c1-10-7-12-8(15-16(2)3)14-9(13-7)17-6-4-5-11-17/h4-6H,1-3H3,(H2,10,12,13,14,15). The van der Waals surface area contributed by atoms with Crippen LogP contribution in [0, 0.1) is 0 Å². The summed E-state index contributed by atoms with van der Waals surface area (Å²) in [6.45, 7) is 0. The molecule has 0 unspecified atom stereocenters. The molecule has 0 amide bonds. The van der Waals surface area contributed by atoms with Crippen LogP contribution in [0.15, 0.2) is 18.5 Å². The fraction of sp³-hybridized carbons (Fsp3) is 0.333. The predicted molar refractivity (Wildman–Crippen MR) is 63.8 cm³/mol. The van der Waals surface area contributed by atoms with E-state index in [2.05, 4.69) is 30.8 Å². The van der Waals surface area contributed by atoms with Crippen molar-refractivity contribution in [2.75, 3.05) is 31.9 Å². The van der Waals surface area contributed by atoms with Gasteiger partial charge in [-0.1, -0.05) is 0 Å². The van der Waals surface area contributed by atoms with Crippen molar-refractivity contribution in [3.8, 4) is 5.95 Å². The molecule has 90 valence electrons. The monoisotopic (exact) mass is 234 g/mol. The van der Waals surface area contributed by atoms with Gasteiger partial charge in [0.1, 0.15) is 0 Å². The van der Waals surface area contributed by atoms with Gasteiger partial charge in [-0.2, -0.15) is 20.1 Å². The zero-order valence-corrected chi connectivity index (χ0v) is 9.92. The summed E-state index contributed by atoms with van der Waals surface area (Å²) in [5.74, 6) is 1.40. The van der Waals surface area contributed by atoms with Crippen LogP contribution in [0.2, 0.25) is 0 Å². The van der Waals surface area contributed by atoms with Gasteiger partial charge in [0.15, 0.2) is 0 Å². The van der Waals surface area contributed by atoms with Crippen LogP contribution in [-0.2, 0) is 0 Å². The fourth-order valence-corrected chi connectivity index (χ4v) is 1.22. The minimum absolute atomic E-state index is 0.457. The van der Waals surface area contributed by atoms with Crippen molar-refractivity contribution in [2.45, 2.75) is 0 Å². The van der Waals surface area contributed by atoms with E-state index in [1.807, 2.05) is 20.2 Å². The Morgan fingerprint density at radius 3 is 2.53 bits per heavy atom. The van der Waals surface area contributed by atoms with Gasteiger partial charge in [0.2, 0.25) is 11.9 Å².